The maximum absolute atomic E-state index is 5.40. The fourth-order valence-corrected chi connectivity index (χ4v) is 1.20. The van der Waals surface area contributed by atoms with Gasteiger partial charge < -0.3 is 23.7 Å². The van der Waals surface area contributed by atoms with Crippen LogP contribution < -0.4 is 0 Å². The highest BCUT2D eigenvalue weighted by Gasteiger charge is 2.21. The van der Waals surface area contributed by atoms with Crippen LogP contribution in [-0.2, 0) is 23.7 Å². The first-order valence-corrected chi connectivity index (χ1v) is 7.20. The van der Waals surface area contributed by atoms with Crippen molar-refractivity contribution in [1.29, 1.82) is 0 Å². The lowest BCUT2D eigenvalue weighted by Gasteiger charge is -2.12. The Morgan fingerprint density at radius 1 is 0.690 bits per heavy atom. The van der Waals surface area contributed by atoms with Gasteiger partial charge in [-0.15, -0.1) is 0 Å². The Hall–Kier alpha value is -0.200. The third-order valence-electron chi connectivity index (χ3n) is 2.30. The fraction of sp³-hybridized carbons (Fsp3) is 1.00. The van der Waals surface area contributed by atoms with Crippen molar-refractivity contribution in [2.45, 2.75) is 114 Å². The monoisotopic (exact) mass is 439 g/mol. The summed E-state index contributed by atoms with van der Waals surface area (Å²) in [6.07, 6.45) is 0.602. The van der Waals surface area contributed by atoms with Gasteiger partial charge in [0.15, 0.2) is 0 Å². The van der Waals surface area contributed by atoms with Crippen LogP contribution in [0.4, 0.5) is 0 Å². The van der Waals surface area contributed by atoms with Gasteiger partial charge in [-0.3, -0.25) is 0 Å². The van der Waals surface area contributed by atoms with E-state index in [2.05, 4.69) is 0 Å². The molecule has 5 heteroatoms. The smallest absolute Gasteiger partial charge is 0.104 e. The van der Waals surface area contributed by atoms with Crippen molar-refractivity contribution >= 4 is 0 Å². The number of epoxide rings is 1. The largest absolute Gasteiger partial charge is 0.379 e. The van der Waals surface area contributed by atoms with Crippen LogP contribution in [0.15, 0.2) is 0 Å². The van der Waals surface area contributed by atoms with Gasteiger partial charge in [0.2, 0.25) is 0 Å². The van der Waals surface area contributed by atoms with E-state index < -0.39 is 0 Å². The van der Waals surface area contributed by atoms with E-state index in [-0.39, 0.29) is 80.4 Å². The van der Waals surface area contributed by atoms with Crippen molar-refractivity contribution in [3.05, 3.63) is 0 Å². The number of hydrogen-bond acceptors (Lipinski definition) is 5. The van der Waals surface area contributed by atoms with Crippen LogP contribution in [-0.4, -0.2) is 65.1 Å². The molecule has 29 heavy (non-hydrogen) atoms. The topological polar surface area (TPSA) is 49.5 Å². The molecule has 0 spiro atoms. The minimum atomic E-state index is 0. The van der Waals surface area contributed by atoms with Gasteiger partial charge in [0, 0.05) is 19.8 Å². The van der Waals surface area contributed by atoms with E-state index in [1.807, 2.05) is 27.7 Å². The van der Waals surface area contributed by atoms with E-state index >= 15 is 0 Å². The van der Waals surface area contributed by atoms with E-state index in [9.17, 15) is 0 Å². The zero-order valence-corrected chi connectivity index (χ0v) is 12.9. The lowest BCUT2D eigenvalue weighted by Crippen LogP contribution is -2.18. The molecule has 0 aliphatic carbocycles. The van der Waals surface area contributed by atoms with Crippen molar-refractivity contribution in [3.63, 3.8) is 0 Å². The van der Waals surface area contributed by atoms with E-state index in [1.54, 1.807) is 0 Å². The summed E-state index contributed by atoms with van der Waals surface area (Å²) >= 11 is 0. The quantitative estimate of drug-likeness (QED) is 0.240. The summed E-state index contributed by atoms with van der Waals surface area (Å²) in [5.41, 5.74) is 0. The maximum Gasteiger partial charge on any atom is 0.104 e. The highest BCUT2D eigenvalue weighted by molar-refractivity contribution is 4.66. The molecule has 0 amide bonds. The molecule has 5 nitrogen and oxygen atoms in total. The summed E-state index contributed by atoms with van der Waals surface area (Å²) in [5, 5.41) is 0. The molecule has 1 fully saturated rings. The second kappa shape index (κ2) is 56.5. The molecule has 1 aliphatic heterocycles. The predicted octanol–water partition coefficient (Wildman–Crippen LogP) is 8.25. The molecule has 1 aliphatic rings. The van der Waals surface area contributed by atoms with Crippen molar-refractivity contribution in [3.8, 4) is 0 Å². The van der Waals surface area contributed by atoms with Gasteiger partial charge in [-0.2, -0.15) is 0 Å². The van der Waals surface area contributed by atoms with Crippen molar-refractivity contribution in [1.82, 2.24) is 0 Å². The van der Waals surface area contributed by atoms with Crippen molar-refractivity contribution in [2.24, 2.45) is 0 Å². The minimum absolute atomic E-state index is 0. The normalized spacial score (nSPS) is 12.2. The summed E-state index contributed by atoms with van der Waals surface area (Å²) in [6, 6.07) is 0. The Balaban J connectivity index is -0.0000000193. The maximum atomic E-state index is 5.40. The highest BCUT2D eigenvalue weighted by Crippen LogP contribution is 2.07. The Bertz CT molecular complexity index is 177. The molecule has 1 saturated heterocycles. The van der Waals surface area contributed by atoms with Gasteiger partial charge >= 0.3 is 0 Å². The molecule has 1 rings (SSSR count). The zero-order chi connectivity index (χ0) is 14.3. The molecule has 0 saturated carbocycles. The molecular weight excluding hydrogens is 368 g/mol. The van der Waals surface area contributed by atoms with Crippen molar-refractivity contribution in [2.75, 3.05) is 52.9 Å². The minimum Gasteiger partial charge on any atom is -0.379 e. The molecule has 0 aromatic heterocycles. The van der Waals surface area contributed by atoms with Crippen LogP contribution in [0.1, 0.15) is 102 Å². The molecule has 196 valence electrons. The van der Waals surface area contributed by atoms with Gasteiger partial charge in [-0.25, -0.2) is 0 Å². The van der Waals surface area contributed by atoms with Gasteiger partial charge in [-0.1, -0.05) is 74.3 Å². The summed E-state index contributed by atoms with van der Waals surface area (Å²) < 4.78 is 25.6. The van der Waals surface area contributed by atoms with E-state index in [1.165, 1.54) is 0 Å². The third-order valence-corrected chi connectivity index (χ3v) is 2.30. The molecule has 2 atom stereocenters. The molecule has 2 unspecified atom stereocenters. The Morgan fingerprint density at radius 3 is 1.45 bits per heavy atom. The summed E-state index contributed by atoms with van der Waals surface area (Å²) in [7, 11) is 0. The standard InChI is InChI=1S/C9H20O3.C5H10O2.10CH4/c1-4-10-6-7-12-9(3)8-11-5-2;1-2-6-3-5-4-7-5;;;;;;;;;;/h9H,4-8H2,1-3H3;5H,2-4H2,1H3;10*1H4. The summed E-state index contributed by atoms with van der Waals surface area (Å²) in [5.74, 6) is 0. The number of rotatable bonds is 11. The third kappa shape index (κ3) is 65.6. The van der Waals surface area contributed by atoms with Gasteiger partial charge in [0.25, 0.3) is 0 Å². The van der Waals surface area contributed by atoms with Crippen LogP contribution in [0.2, 0.25) is 0 Å². The molecule has 0 aromatic rings. The molecule has 0 N–H and O–H groups in total. The first kappa shape index (κ1) is 70.2. The Labute approximate surface area is 191 Å². The predicted molar refractivity (Wildman–Crippen MR) is 142 cm³/mol. The van der Waals surface area contributed by atoms with Crippen LogP contribution >= 0.6 is 0 Å². The van der Waals surface area contributed by atoms with Crippen LogP contribution in [0.5, 0.6) is 0 Å². The first-order chi connectivity index (χ1) is 9.24. The second-order valence-corrected chi connectivity index (χ2v) is 4.15. The second-order valence-electron chi connectivity index (χ2n) is 4.15. The van der Waals surface area contributed by atoms with E-state index in [0.29, 0.717) is 25.9 Å². The van der Waals surface area contributed by atoms with Gasteiger partial charge in [-0.05, 0) is 27.7 Å². The summed E-state index contributed by atoms with van der Waals surface area (Å²) in [6.45, 7) is 13.9. The molecule has 0 aromatic carbocycles. The van der Waals surface area contributed by atoms with Crippen LogP contribution in [0, 0.1) is 0 Å². The lowest BCUT2D eigenvalue weighted by molar-refractivity contribution is -0.0261. The highest BCUT2D eigenvalue weighted by atomic mass is 16.6. The molecular formula is C24H70O5. The Kier molecular flexibility index (Phi) is 137. The lowest BCUT2D eigenvalue weighted by atomic mass is 10.4. The van der Waals surface area contributed by atoms with E-state index in [0.717, 1.165) is 33.0 Å². The average molecular weight is 439 g/mol. The van der Waals surface area contributed by atoms with Crippen LogP contribution in [0.25, 0.3) is 0 Å². The number of hydrogen-bond donors (Lipinski definition) is 0. The van der Waals surface area contributed by atoms with Gasteiger partial charge in [0.05, 0.1) is 39.1 Å². The SMILES string of the molecule is C.C.C.C.C.C.C.C.C.C.CCOCC1CO1.CCOCCOC(C)COCC. The zero-order valence-electron chi connectivity index (χ0n) is 12.9. The van der Waals surface area contributed by atoms with Crippen LogP contribution in [0.3, 0.4) is 0 Å². The van der Waals surface area contributed by atoms with E-state index in [4.69, 9.17) is 23.7 Å². The first-order valence-electron chi connectivity index (χ1n) is 7.20. The molecule has 0 radical (unpaired) electrons. The number of ether oxygens (including phenoxy) is 5. The Morgan fingerprint density at radius 2 is 1.10 bits per heavy atom. The molecule has 1 heterocycles. The fourth-order valence-electron chi connectivity index (χ4n) is 1.20. The average Bonchev–Trinajstić information content (AvgIpc) is 3.24. The van der Waals surface area contributed by atoms with Crippen molar-refractivity contribution < 1.29 is 23.7 Å². The van der Waals surface area contributed by atoms with Gasteiger partial charge in [0.1, 0.15) is 6.10 Å². The summed E-state index contributed by atoms with van der Waals surface area (Å²) in [4.78, 5) is 0. The molecule has 0 bridgehead atoms.